The zero-order valence-corrected chi connectivity index (χ0v) is 16.8. The first kappa shape index (κ1) is 21.5. The third kappa shape index (κ3) is 4.87. The molecule has 0 unspecified atom stereocenters. The van der Waals surface area contributed by atoms with Crippen LogP contribution in [0, 0.1) is 11.3 Å². The van der Waals surface area contributed by atoms with E-state index in [2.05, 4.69) is 31.1 Å². The van der Waals surface area contributed by atoms with Gasteiger partial charge in [0, 0.05) is 16.7 Å². The van der Waals surface area contributed by atoms with Crippen molar-refractivity contribution in [3.63, 3.8) is 0 Å². The second-order valence-corrected chi connectivity index (χ2v) is 7.03. The molecule has 0 saturated heterocycles. The lowest BCUT2D eigenvalue weighted by Gasteiger charge is -2.15. The SMILES string of the molecule is N#Cc1cc(Cl)cc(Oc2nc(C(F)(F)F)cc(=O)n2Cc2cc(Br)n[nH]c2=O)c1. The van der Waals surface area contributed by atoms with Crippen LogP contribution in [-0.2, 0) is 12.7 Å². The summed E-state index contributed by atoms with van der Waals surface area (Å²) >= 11 is 8.93. The Labute approximate surface area is 178 Å². The lowest BCUT2D eigenvalue weighted by Crippen LogP contribution is -2.28. The van der Waals surface area contributed by atoms with Crippen molar-refractivity contribution in [2.45, 2.75) is 12.7 Å². The average Bonchev–Trinajstić information content (AvgIpc) is 2.65. The van der Waals surface area contributed by atoms with Crippen molar-refractivity contribution in [1.29, 1.82) is 5.26 Å². The van der Waals surface area contributed by atoms with E-state index < -0.39 is 35.5 Å². The molecule has 3 aromatic rings. The van der Waals surface area contributed by atoms with Crippen molar-refractivity contribution >= 4 is 27.5 Å². The molecule has 0 bridgehead atoms. The molecule has 2 heterocycles. The largest absolute Gasteiger partial charge is 0.433 e. The minimum Gasteiger partial charge on any atom is -0.425 e. The average molecular weight is 503 g/mol. The standard InChI is InChI=1S/C17H8BrClF3N5O3/c18-13-3-9(15(29)26-25-13)7-27-14(28)5-12(17(20,21)22)24-16(27)30-11-2-8(6-23)1-10(19)4-11/h1-5H,7H2,(H,26,29). The fraction of sp³-hybridized carbons (Fsp3) is 0.118. The zero-order valence-electron chi connectivity index (χ0n) is 14.5. The van der Waals surface area contributed by atoms with Crippen LogP contribution in [-0.4, -0.2) is 19.7 Å². The van der Waals surface area contributed by atoms with Gasteiger partial charge in [0.05, 0.1) is 18.2 Å². The molecule has 1 aromatic carbocycles. The Morgan fingerprint density at radius 3 is 2.63 bits per heavy atom. The van der Waals surface area contributed by atoms with Crippen LogP contribution in [0.5, 0.6) is 11.8 Å². The molecule has 0 aliphatic heterocycles. The van der Waals surface area contributed by atoms with Gasteiger partial charge in [0.15, 0.2) is 5.69 Å². The van der Waals surface area contributed by atoms with Crippen LogP contribution in [0.3, 0.4) is 0 Å². The van der Waals surface area contributed by atoms with Crippen molar-refractivity contribution in [2.24, 2.45) is 0 Å². The molecule has 0 atom stereocenters. The molecule has 3 rings (SSSR count). The number of aromatic nitrogens is 4. The molecule has 8 nitrogen and oxygen atoms in total. The third-order valence-corrected chi connectivity index (χ3v) is 4.28. The van der Waals surface area contributed by atoms with E-state index in [1.165, 1.54) is 24.3 Å². The first-order chi connectivity index (χ1) is 14.1. The first-order valence-corrected chi connectivity index (χ1v) is 9.05. The number of halogens is 5. The number of ether oxygens (including phenoxy) is 1. The molecule has 154 valence electrons. The highest BCUT2D eigenvalue weighted by molar-refractivity contribution is 9.10. The Kier molecular flexibility index (Phi) is 5.95. The summed E-state index contributed by atoms with van der Waals surface area (Å²) in [7, 11) is 0. The van der Waals surface area contributed by atoms with Crippen LogP contribution in [0.25, 0.3) is 0 Å². The van der Waals surface area contributed by atoms with Gasteiger partial charge in [-0.3, -0.25) is 14.2 Å². The highest BCUT2D eigenvalue weighted by Crippen LogP contribution is 2.30. The van der Waals surface area contributed by atoms with E-state index >= 15 is 0 Å². The monoisotopic (exact) mass is 501 g/mol. The number of nitrogens with one attached hydrogen (secondary N) is 1. The van der Waals surface area contributed by atoms with Crippen LogP contribution in [0.1, 0.15) is 16.8 Å². The molecule has 30 heavy (non-hydrogen) atoms. The number of rotatable bonds is 4. The van der Waals surface area contributed by atoms with Gasteiger partial charge in [-0.1, -0.05) is 11.6 Å². The van der Waals surface area contributed by atoms with Crippen molar-refractivity contribution in [1.82, 2.24) is 19.7 Å². The Bertz CT molecular complexity index is 1280. The van der Waals surface area contributed by atoms with Crippen molar-refractivity contribution in [2.75, 3.05) is 0 Å². The summed E-state index contributed by atoms with van der Waals surface area (Å²) in [6.45, 7) is -0.457. The number of aromatic amines is 1. The van der Waals surface area contributed by atoms with E-state index in [-0.39, 0.29) is 32.6 Å². The van der Waals surface area contributed by atoms with Gasteiger partial charge in [0.25, 0.3) is 11.1 Å². The first-order valence-electron chi connectivity index (χ1n) is 7.88. The fourth-order valence-electron chi connectivity index (χ4n) is 2.35. The molecule has 2 aromatic heterocycles. The van der Waals surface area contributed by atoms with E-state index in [1.54, 1.807) is 0 Å². The molecule has 0 radical (unpaired) electrons. The maximum absolute atomic E-state index is 13.1. The summed E-state index contributed by atoms with van der Waals surface area (Å²) in [6, 6.07) is 6.41. The summed E-state index contributed by atoms with van der Waals surface area (Å²) in [5, 5.41) is 14.9. The summed E-state index contributed by atoms with van der Waals surface area (Å²) in [4.78, 5) is 27.8. The number of hydrogen-bond acceptors (Lipinski definition) is 6. The number of nitriles is 1. The van der Waals surface area contributed by atoms with E-state index in [0.717, 1.165) is 4.57 Å². The molecular weight excluding hydrogens is 495 g/mol. The molecule has 0 spiro atoms. The zero-order chi connectivity index (χ0) is 22.1. The molecule has 0 aliphatic rings. The van der Waals surface area contributed by atoms with Gasteiger partial charge in [-0.15, -0.1) is 0 Å². The maximum Gasteiger partial charge on any atom is 0.433 e. The van der Waals surface area contributed by atoms with Gasteiger partial charge < -0.3 is 4.74 Å². The normalized spacial score (nSPS) is 11.2. The minimum absolute atomic E-state index is 0.00851. The molecule has 13 heteroatoms. The Morgan fingerprint density at radius 2 is 1.97 bits per heavy atom. The van der Waals surface area contributed by atoms with Gasteiger partial charge in [-0.25, -0.2) is 5.10 Å². The summed E-state index contributed by atoms with van der Waals surface area (Å²) in [5.41, 5.74) is -3.17. The Balaban J connectivity index is 2.16. The molecule has 0 amide bonds. The maximum atomic E-state index is 13.1. The Morgan fingerprint density at radius 1 is 1.23 bits per heavy atom. The third-order valence-electron chi connectivity index (χ3n) is 3.65. The molecular formula is C17H8BrClF3N5O3. The van der Waals surface area contributed by atoms with Gasteiger partial charge in [-0.05, 0) is 40.2 Å². The van der Waals surface area contributed by atoms with Gasteiger partial charge in [0.1, 0.15) is 10.4 Å². The smallest absolute Gasteiger partial charge is 0.425 e. The lowest BCUT2D eigenvalue weighted by atomic mass is 10.2. The molecule has 1 N–H and O–H groups in total. The minimum atomic E-state index is -4.92. The predicted molar refractivity (Wildman–Crippen MR) is 101 cm³/mol. The van der Waals surface area contributed by atoms with Gasteiger partial charge in [-0.2, -0.15) is 28.5 Å². The van der Waals surface area contributed by atoms with Crippen LogP contribution in [0.2, 0.25) is 5.02 Å². The lowest BCUT2D eigenvalue weighted by molar-refractivity contribution is -0.141. The summed E-state index contributed by atoms with van der Waals surface area (Å²) in [5.74, 6) is -0.121. The topological polar surface area (TPSA) is 114 Å². The number of alkyl halides is 3. The highest BCUT2D eigenvalue weighted by atomic mass is 79.9. The van der Waals surface area contributed by atoms with Gasteiger partial charge in [0.2, 0.25) is 0 Å². The fourth-order valence-corrected chi connectivity index (χ4v) is 2.94. The van der Waals surface area contributed by atoms with Crippen LogP contribution >= 0.6 is 27.5 Å². The highest BCUT2D eigenvalue weighted by Gasteiger charge is 2.34. The number of nitrogens with zero attached hydrogens (tertiary/aromatic N) is 4. The number of hydrogen-bond donors (Lipinski definition) is 1. The van der Waals surface area contributed by atoms with Crippen LogP contribution in [0.4, 0.5) is 13.2 Å². The van der Waals surface area contributed by atoms with E-state index in [9.17, 15) is 22.8 Å². The summed E-state index contributed by atoms with van der Waals surface area (Å²) in [6.07, 6.45) is -4.92. The second-order valence-electron chi connectivity index (χ2n) is 5.78. The van der Waals surface area contributed by atoms with E-state index in [4.69, 9.17) is 21.6 Å². The number of benzene rings is 1. The van der Waals surface area contributed by atoms with Crippen LogP contribution in [0.15, 0.2) is 44.5 Å². The second kappa shape index (κ2) is 8.29. The number of H-pyrrole nitrogens is 1. The van der Waals surface area contributed by atoms with Gasteiger partial charge >= 0.3 is 12.2 Å². The molecule has 0 saturated carbocycles. The predicted octanol–water partition coefficient (Wildman–Crippen LogP) is 3.47. The van der Waals surface area contributed by atoms with Crippen molar-refractivity contribution < 1.29 is 17.9 Å². The van der Waals surface area contributed by atoms with Crippen LogP contribution < -0.4 is 15.9 Å². The summed E-state index contributed by atoms with van der Waals surface area (Å²) < 4.78 is 45.8. The molecule has 0 fully saturated rings. The van der Waals surface area contributed by atoms with Crippen molar-refractivity contribution in [3.05, 3.63) is 77.5 Å². The van der Waals surface area contributed by atoms with E-state index in [0.29, 0.717) is 0 Å². The quantitative estimate of drug-likeness (QED) is 0.584. The van der Waals surface area contributed by atoms with E-state index in [1.807, 2.05) is 6.07 Å². The molecule has 0 aliphatic carbocycles. The van der Waals surface area contributed by atoms with Crippen molar-refractivity contribution in [3.8, 4) is 17.8 Å². The Hall–Kier alpha value is -3.17.